The summed E-state index contributed by atoms with van der Waals surface area (Å²) < 4.78 is 36.2. The van der Waals surface area contributed by atoms with Crippen molar-refractivity contribution in [1.82, 2.24) is 10.2 Å². The lowest BCUT2D eigenvalue weighted by Crippen LogP contribution is -2.42. The van der Waals surface area contributed by atoms with E-state index in [1.165, 1.54) is 6.08 Å². The zero-order valence-corrected chi connectivity index (χ0v) is 12.1. The average Bonchev–Trinajstić information content (AvgIpc) is 2.90. The van der Waals surface area contributed by atoms with Crippen LogP contribution >= 0.6 is 0 Å². The number of nitrogens with one attached hydrogen (secondary N) is 1. The van der Waals surface area contributed by atoms with Crippen LogP contribution in [-0.2, 0) is 14.4 Å². The number of hydrogen-bond donors (Lipinski definition) is 2. The van der Waals surface area contributed by atoms with Crippen LogP contribution in [0.3, 0.4) is 0 Å². The van der Waals surface area contributed by atoms with E-state index >= 15 is 0 Å². The largest absolute Gasteiger partial charge is 0.451 e. The molecule has 1 aliphatic heterocycles. The molecule has 0 saturated heterocycles. The van der Waals surface area contributed by atoms with Gasteiger partial charge < -0.3 is 16.0 Å². The Morgan fingerprint density at radius 2 is 1.91 bits per heavy atom. The number of carbonyl (C=O) groups is 3. The number of Topliss-reactive ketones (excluding diaryl/α,β-unsaturated/α-hetero) is 1. The lowest BCUT2D eigenvalue weighted by Gasteiger charge is -2.20. The maximum absolute atomic E-state index is 12.1. The molecule has 122 valence electrons. The van der Waals surface area contributed by atoms with Crippen LogP contribution in [0.5, 0.6) is 0 Å². The molecule has 1 heterocycles. The van der Waals surface area contributed by atoms with Gasteiger partial charge in [-0.2, -0.15) is 13.2 Å². The highest BCUT2D eigenvalue weighted by atomic mass is 19.4. The minimum atomic E-state index is -5.01. The summed E-state index contributed by atoms with van der Waals surface area (Å²) in [4.78, 5) is 35.7. The first-order valence-corrected chi connectivity index (χ1v) is 6.39. The molecule has 0 bridgehead atoms. The second-order valence-electron chi connectivity index (χ2n) is 4.85. The third kappa shape index (κ3) is 4.09. The van der Waals surface area contributed by atoms with Crippen molar-refractivity contribution in [2.75, 3.05) is 13.1 Å². The van der Waals surface area contributed by atoms with E-state index in [0.717, 1.165) is 4.90 Å². The normalized spacial score (nSPS) is 14.4. The lowest BCUT2D eigenvalue weighted by atomic mass is 10.2. The van der Waals surface area contributed by atoms with E-state index in [1.54, 1.807) is 13.8 Å². The highest BCUT2D eigenvalue weighted by Gasteiger charge is 2.38. The standard InChI is InChI=1S/C13H16F3N3O3/c1-7(2)10(17)12(22)19-5-3-4-8(19)11(21)18-6-9(20)13(14,15)16/h4H,3,5-6,17H2,1-2H3,(H,18,21). The minimum Gasteiger partial charge on any atom is -0.394 e. The molecule has 22 heavy (non-hydrogen) atoms. The van der Waals surface area contributed by atoms with Crippen LogP contribution in [0, 0.1) is 0 Å². The van der Waals surface area contributed by atoms with E-state index in [4.69, 9.17) is 5.73 Å². The molecule has 0 atom stereocenters. The van der Waals surface area contributed by atoms with E-state index in [2.05, 4.69) is 0 Å². The Balaban J connectivity index is 2.75. The van der Waals surface area contributed by atoms with E-state index in [1.807, 2.05) is 5.32 Å². The van der Waals surface area contributed by atoms with Gasteiger partial charge in [0.25, 0.3) is 17.6 Å². The number of allylic oxidation sites excluding steroid dienone is 1. The van der Waals surface area contributed by atoms with Crippen LogP contribution in [-0.4, -0.2) is 41.8 Å². The van der Waals surface area contributed by atoms with Gasteiger partial charge in [-0.05, 0) is 25.8 Å². The predicted octanol–water partition coefficient (Wildman–Crippen LogP) is 0.603. The van der Waals surface area contributed by atoms with E-state index in [-0.39, 0.29) is 17.9 Å². The smallest absolute Gasteiger partial charge is 0.394 e. The number of halogens is 3. The maximum atomic E-state index is 12.1. The number of rotatable bonds is 4. The van der Waals surface area contributed by atoms with Gasteiger partial charge in [0.05, 0.1) is 12.2 Å². The summed E-state index contributed by atoms with van der Waals surface area (Å²) in [5, 5.41) is 1.86. The average molecular weight is 319 g/mol. The van der Waals surface area contributed by atoms with Crippen LogP contribution in [0.4, 0.5) is 13.2 Å². The van der Waals surface area contributed by atoms with Crippen molar-refractivity contribution in [3.05, 3.63) is 23.0 Å². The number of hydrogen-bond acceptors (Lipinski definition) is 4. The van der Waals surface area contributed by atoms with E-state index < -0.39 is 30.3 Å². The van der Waals surface area contributed by atoms with Crippen LogP contribution in [0.2, 0.25) is 0 Å². The lowest BCUT2D eigenvalue weighted by molar-refractivity contribution is -0.170. The highest BCUT2D eigenvalue weighted by Crippen LogP contribution is 2.19. The molecule has 6 nitrogen and oxygen atoms in total. The molecule has 0 aromatic heterocycles. The molecule has 2 amide bonds. The summed E-state index contributed by atoms with van der Waals surface area (Å²) in [5.74, 6) is -3.59. The van der Waals surface area contributed by atoms with Gasteiger partial charge in [-0.1, -0.05) is 6.08 Å². The van der Waals surface area contributed by atoms with Crippen molar-refractivity contribution < 1.29 is 27.6 Å². The van der Waals surface area contributed by atoms with E-state index in [0.29, 0.717) is 12.0 Å². The van der Waals surface area contributed by atoms with Gasteiger partial charge in [-0.3, -0.25) is 14.4 Å². The van der Waals surface area contributed by atoms with Crippen molar-refractivity contribution in [3.63, 3.8) is 0 Å². The fourth-order valence-corrected chi connectivity index (χ4v) is 1.70. The molecule has 1 aliphatic rings. The molecule has 9 heteroatoms. The number of nitrogens with zero attached hydrogens (tertiary/aromatic N) is 1. The molecule has 3 N–H and O–H groups in total. The summed E-state index contributed by atoms with van der Waals surface area (Å²) in [6.07, 6.45) is -3.24. The minimum absolute atomic E-state index is 0.0352. The van der Waals surface area contributed by atoms with Crippen LogP contribution in [0.1, 0.15) is 20.3 Å². The molecular weight excluding hydrogens is 303 g/mol. The van der Waals surface area contributed by atoms with Gasteiger partial charge >= 0.3 is 6.18 Å². The fraction of sp³-hybridized carbons (Fsp3) is 0.462. The quantitative estimate of drug-likeness (QED) is 0.742. The molecule has 0 spiro atoms. The summed E-state index contributed by atoms with van der Waals surface area (Å²) in [7, 11) is 0. The number of carbonyl (C=O) groups excluding carboxylic acids is 3. The van der Waals surface area contributed by atoms with Crippen molar-refractivity contribution in [2.45, 2.75) is 26.4 Å². The SMILES string of the molecule is CC(C)=C(N)C(=O)N1CCC=C1C(=O)NCC(=O)C(F)(F)F. The molecule has 0 radical (unpaired) electrons. The monoisotopic (exact) mass is 319 g/mol. The van der Waals surface area contributed by atoms with Crippen molar-refractivity contribution in [2.24, 2.45) is 5.73 Å². The first-order chi connectivity index (χ1) is 10.1. The molecule has 0 saturated carbocycles. The fourth-order valence-electron chi connectivity index (χ4n) is 1.70. The van der Waals surface area contributed by atoms with Crippen molar-refractivity contribution in [3.8, 4) is 0 Å². The van der Waals surface area contributed by atoms with Crippen LogP contribution in [0.25, 0.3) is 0 Å². The zero-order chi connectivity index (χ0) is 17.1. The van der Waals surface area contributed by atoms with Gasteiger partial charge in [0.1, 0.15) is 5.70 Å². The molecule has 0 aliphatic carbocycles. The van der Waals surface area contributed by atoms with Crippen molar-refractivity contribution >= 4 is 17.6 Å². The van der Waals surface area contributed by atoms with Gasteiger partial charge in [-0.15, -0.1) is 0 Å². The summed E-state index contributed by atoms with van der Waals surface area (Å²) in [6.45, 7) is 2.26. The topological polar surface area (TPSA) is 92.5 Å². The van der Waals surface area contributed by atoms with Gasteiger partial charge in [0, 0.05) is 6.54 Å². The summed E-state index contributed by atoms with van der Waals surface area (Å²) in [5.41, 5.74) is 6.02. The Bertz CT molecular complexity index is 561. The molecular formula is C13H16F3N3O3. The number of ketones is 1. The third-order valence-electron chi connectivity index (χ3n) is 2.95. The second kappa shape index (κ2) is 6.63. The second-order valence-corrected chi connectivity index (χ2v) is 4.85. The molecule has 1 rings (SSSR count). The number of alkyl halides is 3. The zero-order valence-electron chi connectivity index (χ0n) is 12.1. The van der Waals surface area contributed by atoms with Gasteiger partial charge in [-0.25, -0.2) is 0 Å². The Labute approximate surface area is 124 Å². The van der Waals surface area contributed by atoms with Crippen LogP contribution < -0.4 is 11.1 Å². The Kier molecular flexibility index (Phi) is 5.34. The Morgan fingerprint density at radius 3 is 2.41 bits per heavy atom. The number of nitrogens with two attached hydrogens (primary N) is 1. The third-order valence-corrected chi connectivity index (χ3v) is 2.95. The first-order valence-electron chi connectivity index (χ1n) is 6.39. The van der Waals surface area contributed by atoms with Gasteiger partial charge in [0.2, 0.25) is 0 Å². The molecule has 0 fully saturated rings. The summed E-state index contributed by atoms with van der Waals surface area (Å²) in [6, 6.07) is 0. The first kappa shape index (κ1) is 17.7. The van der Waals surface area contributed by atoms with Crippen LogP contribution in [0.15, 0.2) is 23.0 Å². The predicted molar refractivity (Wildman–Crippen MR) is 71.0 cm³/mol. The maximum Gasteiger partial charge on any atom is 0.451 e. The number of amides is 2. The van der Waals surface area contributed by atoms with Gasteiger partial charge in [0.15, 0.2) is 0 Å². The Hall–Kier alpha value is -2.32. The summed E-state index contributed by atoms with van der Waals surface area (Å²) >= 11 is 0. The Morgan fingerprint density at radius 1 is 1.32 bits per heavy atom. The molecule has 0 aromatic carbocycles. The molecule has 0 unspecified atom stereocenters. The molecule has 0 aromatic rings. The van der Waals surface area contributed by atoms with E-state index in [9.17, 15) is 27.6 Å². The highest BCUT2D eigenvalue weighted by molar-refractivity contribution is 6.03. The van der Waals surface area contributed by atoms with Crippen molar-refractivity contribution in [1.29, 1.82) is 0 Å².